The third kappa shape index (κ3) is 7.23. The Morgan fingerprint density at radius 3 is 2.58 bits per heavy atom. The third-order valence-electron chi connectivity index (χ3n) is 6.39. The van der Waals surface area contributed by atoms with E-state index in [1.54, 1.807) is 18.2 Å². The van der Waals surface area contributed by atoms with E-state index in [0.717, 1.165) is 9.87 Å². The summed E-state index contributed by atoms with van der Waals surface area (Å²) in [5, 5.41) is 12.3. The van der Waals surface area contributed by atoms with E-state index in [1.165, 1.54) is 26.4 Å². The molecule has 0 fully saturated rings. The van der Waals surface area contributed by atoms with Crippen LogP contribution in [0, 0.1) is 0 Å². The molecule has 0 bridgehead atoms. The molecule has 2 aromatic carbocycles. The Balaban J connectivity index is 1.45. The van der Waals surface area contributed by atoms with E-state index in [4.69, 9.17) is 28.4 Å². The third-order valence-corrected chi connectivity index (χ3v) is 8.30. The number of aliphatic hydroxyl groups excluding tert-OH is 1. The van der Waals surface area contributed by atoms with Gasteiger partial charge in [0.05, 0.1) is 31.8 Å². The van der Waals surface area contributed by atoms with Crippen LogP contribution in [0.25, 0.3) is 0 Å². The maximum Gasteiger partial charge on any atom is 0.286 e. The molecule has 4 rings (SSSR count). The fraction of sp³-hybridized carbons (Fsp3) is 0.444. The first-order valence-electron chi connectivity index (χ1n) is 12.8. The van der Waals surface area contributed by atoms with Crippen LogP contribution >= 0.6 is 0 Å². The summed E-state index contributed by atoms with van der Waals surface area (Å²) in [5.41, 5.74) is 0.882. The molecule has 218 valence electrons. The summed E-state index contributed by atoms with van der Waals surface area (Å²) in [6.07, 6.45) is 1.27. The van der Waals surface area contributed by atoms with Crippen molar-refractivity contribution in [3.63, 3.8) is 0 Å². The molecule has 0 radical (unpaired) electrons. The monoisotopic (exact) mass is 578 g/mol. The Labute approximate surface area is 233 Å². The molecule has 0 saturated carbocycles. The van der Waals surface area contributed by atoms with E-state index >= 15 is 0 Å². The quantitative estimate of drug-likeness (QED) is 0.318. The Hall–Kier alpha value is -3.36. The smallest absolute Gasteiger partial charge is 0.286 e. The van der Waals surface area contributed by atoms with Crippen molar-refractivity contribution >= 4 is 15.9 Å². The minimum Gasteiger partial charge on any atom is -0.497 e. The number of rotatable bonds is 14. The van der Waals surface area contributed by atoms with Crippen molar-refractivity contribution in [3.8, 4) is 17.2 Å². The lowest BCUT2D eigenvalue weighted by atomic mass is 9.92. The lowest BCUT2D eigenvalue weighted by Gasteiger charge is -2.30. The highest BCUT2D eigenvalue weighted by atomic mass is 32.2. The van der Waals surface area contributed by atoms with Gasteiger partial charge < -0.3 is 38.8 Å². The van der Waals surface area contributed by atoms with Crippen LogP contribution in [0.4, 0.5) is 0 Å². The molecule has 1 amide bonds. The predicted octanol–water partition coefficient (Wildman–Crippen LogP) is 1.60. The number of ether oxygens (including phenoxy) is 6. The van der Waals surface area contributed by atoms with E-state index in [1.807, 2.05) is 18.2 Å². The number of carbonyl (C=O) groups excluding carboxylic acids is 1. The van der Waals surface area contributed by atoms with Crippen LogP contribution in [0.5, 0.6) is 17.2 Å². The van der Waals surface area contributed by atoms with Crippen molar-refractivity contribution in [2.24, 2.45) is 0 Å². The summed E-state index contributed by atoms with van der Waals surface area (Å²) in [5.74, 6) is 1.22. The van der Waals surface area contributed by atoms with Gasteiger partial charge in [-0.2, -0.15) is 4.31 Å². The number of hydrogen-bond acceptors (Lipinski definition) is 10. The normalized spacial score (nSPS) is 18.2. The lowest BCUT2D eigenvalue weighted by molar-refractivity contribution is -0.146. The highest BCUT2D eigenvalue weighted by Gasteiger charge is 2.31. The number of fused-ring (bicyclic) bond motifs is 1. The lowest BCUT2D eigenvalue weighted by Crippen LogP contribution is -2.38. The van der Waals surface area contributed by atoms with E-state index in [9.17, 15) is 18.3 Å². The van der Waals surface area contributed by atoms with Crippen LogP contribution in [-0.2, 0) is 29.0 Å². The molecule has 0 aliphatic carbocycles. The van der Waals surface area contributed by atoms with Crippen molar-refractivity contribution in [1.29, 1.82) is 0 Å². The first-order chi connectivity index (χ1) is 19.3. The molecule has 2 aromatic rings. The molecule has 12 nitrogen and oxygen atoms in total. The number of hydrogen-bond donors (Lipinski definition) is 2. The van der Waals surface area contributed by atoms with E-state index in [0.29, 0.717) is 36.8 Å². The van der Waals surface area contributed by atoms with Gasteiger partial charge in [-0.3, -0.25) is 4.79 Å². The van der Waals surface area contributed by atoms with Gasteiger partial charge in [0.1, 0.15) is 5.75 Å². The molecular weight excluding hydrogens is 544 g/mol. The first-order valence-corrected chi connectivity index (χ1v) is 14.2. The topological polar surface area (TPSA) is 142 Å². The summed E-state index contributed by atoms with van der Waals surface area (Å²) in [4.78, 5) is 12.9. The average molecular weight is 579 g/mol. The van der Waals surface area contributed by atoms with Gasteiger partial charge in [-0.25, -0.2) is 8.42 Å². The summed E-state index contributed by atoms with van der Waals surface area (Å²) < 4.78 is 60.3. The van der Waals surface area contributed by atoms with Gasteiger partial charge in [0.25, 0.3) is 5.91 Å². The number of benzene rings is 2. The number of carbonyl (C=O) groups is 1. The van der Waals surface area contributed by atoms with E-state index in [-0.39, 0.29) is 49.7 Å². The number of allylic oxidation sites excluding steroid dienone is 1. The van der Waals surface area contributed by atoms with Gasteiger partial charge in [0.2, 0.25) is 23.1 Å². The summed E-state index contributed by atoms with van der Waals surface area (Å²) >= 11 is 0. The number of amides is 1. The second kappa shape index (κ2) is 13.8. The SMILES string of the molecule is COCCNC(=O)C1=C[C@@H](c2ccc3c(c2)OCO3)C[C@@H](OCCN(CCO)S(=O)(=O)c2ccc(OC)cc2)O1. The van der Waals surface area contributed by atoms with E-state index < -0.39 is 22.2 Å². The molecular formula is C27H34N2O10S. The Morgan fingerprint density at radius 1 is 1.07 bits per heavy atom. The van der Waals surface area contributed by atoms with Crippen molar-refractivity contribution in [2.75, 3.05) is 60.5 Å². The fourth-order valence-corrected chi connectivity index (χ4v) is 5.71. The summed E-state index contributed by atoms with van der Waals surface area (Å²) in [6.45, 7) is 0.232. The number of nitrogens with one attached hydrogen (secondary N) is 1. The van der Waals surface area contributed by atoms with Gasteiger partial charge >= 0.3 is 0 Å². The zero-order valence-corrected chi connectivity index (χ0v) is 23.2. The Morgan fingerprint density at radius 2 is 1.85 bits per heavy atom. The molecule has 13 heteroatoms. The Bertz CT molecular complexity index is 1280. The highest BCUT2D eigenvalue weighted by Crippen LogP contribution is 2.38. The van der Waals surface area contributed by atoms with Crippen LogP contribution < -0.4 is 19.5 Å². The number of methoxy groups -OCH3 is 2. The maximum absolute atomic E-state index is 13.2. The second-order valence-electron chi connectivity index (χ2n) is 8.96. The molecule has 0 spiro atoms. The predicted molar refractivity (Wildman–Crippen MR) is 143 cm³/mol. The van der Waals surface area contributed by atoms with Crippen LogP contribution in [-0.4, -0.2) is 90.5 Å². The van der Waals surface area contributed by atoms with Crippen molar-refractivity contribution in [2.45, 2.75) is 23.5 Å². The molecule has 0 unspecified atom stereocenters. The molecule has 2 aliphatic heterocycles. The van der Waals surface area contributed by atoms with Crippen LogP contribution in [0.15, 0.2) is 59.2 Å². The van der Waals surface area contributed by atoms with Crippen molar-refractivity contribution in [3.05, 3.63) is 59.9 Å². The number of sulfonamides is 1. The van der Waals surface area contributed by atoms with Gasteiger partial charge in [-0.15, -0.1) is 0 Å². The molecule has 0 aromatic heterocycles. The minimum absolute atomic E-state index is 0.0352. The molecule has 2 heterocycles. The molecule has 2 N–H and O–H groups in total. The summed E-state index contributed by atoms with van der Waals surface area (Å²) in [6, 6.07) is 11.6. The molecule has 0 saturated heterocycles. The van der Waals surface area contributed by atoms with Crippen LogP contribution in [0.3, 0.4) is 0 Å². The zero-order valence-electron chi connectivity index (χ0n) is 22.4. The van der Waals surface area contributed by atoms with Gasteiger partial charge in [-0.1, -0.05) is 6.07 Å². The highest BCUT2D eigenvalue weighted by molar-refractivity contribution is 7.89. The minimum atomic E-state index is -3.90. The van der Waals surface area contributed by atoms with Gasteiger partial charge in [0.15, 0.2) is 17.3 Å². The van der Waals surface area contributed by atoms with Crippen molar-refractivity contribution in [1.82, 2.24) is 9.62 Å². The Kier molecular flexibility index (Phi) is 10.2. The standard InChI is InChI=1S/C27H34N2O10S/c1-34-13-9-28-27(31)25-16-20(19-3-8-23-24(15-19)38-18-37-23)17-26(39-25)36-14-11-29(10-12-30)40(32,33)22-6-4-21(35-2)5-7-22/h3-8,15-16,20,26,30H,9-14,17-18H2,1-2H3,(H,28,31)/t20-,26+/m1/s1. The first kappa shape index (κ1) is 29.6. The zero-order chi connectivity index (χ0) is 28.5. The maximum atomic E-state index is 13.2. The average Bonchev–Trinajstić information content (AvgIpc) is 3.45. The van der Waals surface area contributed by atoms with E-state index in [2.05, 4.69) is 5.32 Å². The van der Waals surface area contributed by atoms with Crippen molar-refractivity contribution < 1.29 is 46.7 Å². The number of aliphatic hydroxyl groups is 1. The molecule has 2 atom stereocenters. The summed E-state index contributed by atoms with van der Waals surface area (Å²) in [7, 11) is -0.872. The fourth-order valence-electron chi connectivity index (χ4n) is 4.29. The van der Waals surface area contributed by atoms with Gasteiger partial charge in [0, 0.05) is 39.1 Å². The van der Waals surface area contributed by atoms with Crippen LogP contribution in [0.1, 0.15) is 17.9 Å². The second-order valence-corrected chi connectivity index (χ2v) is 10.9. The van der Waals surface area contributed by atoms with Crippen LogP contribution in [0.2, 0.25) is 0 Å². The largest absolute Gasteiger partial charge is 0.497 e. The van der Waals surface area contributed by atoms with Gasteiger partial charge in [-0.05, 0) is 48.0 Å². The number of nitrogens with zero attached hydrogens (tertiary/aromatic N) is 1. The molecule has 2 aliphatic rings. The molecule has 40 heavy (non-hydrogen) atoms.